The van der Waals surface area contributed by atoms with Crippen LogP contribution in [0.3, 0.4) is 0 Å². The number of nitrogens with zero attached hydrogens (tertiary/aromatic N) is 1. The Hall–Kier alpha value is -0.610. The highest BCUT2D eigenvalue weighted by atomic mass is 35.5. The van der Waals surface area contributed by atoms with Crippen LogP contribution in [0.2, 0.25) is 10.0 Å². The number of hydrogen-bond acceptors (Lipinski definition) is 3. The second-order valence-corrected chi connectivity index (χ2v) is 7.14. The summed E-state index contributed by atoms with van der Waals surface area (Å²) >= 11 is 15.1. The van der Waals surface area contributed by atoms with Gasteiger partial charge in [0, 0.05) is 15.6 Å². The molecule has 0 fully saturated rings. The molecule has 1 atom stereocenters. The summed E-state index contributed by atoms with van der Waals surface area (Å²) in [5, 5.41) is 2.55. The van der Waals surface area contributed by atoms with Gasteiger partial charge in [-0.05, 0) is 41.8 Å². The topological polar surface area (TPSA) is 12.4 Å². The van der Waals surface area contributed by atoms with Gasteiger partial charge < -0.3 is 0 Å². The summed E-state index contributed by atoms with van der Waals surface area (Å²) in [7, 11) is 0. The average molecular weight is 326 g/mol. The van der Waals surface area contributed by atoms with Crippen molar-refractivity contribution in [2.24, 2.45) is 4.40 Å². The van der Waals surface area contributed by atoms with Gasteiger partial charge >= 0.3 is 0 Å². The molecule has 19 heavy (non-hydrogen) atoms. The third-order valence-corrected chi connectivity index (χ3v) is 5.64. The van der Waals surface area contributed by atoms with Gasteiger partial charge in [0.15, 0.2) is 0 Å². The summed E-state index contributed by atoms with van der Waals surface area (Å²) in [4.78, 5) is 0. The molecule has 2 aromatic rings. The summed E-state index contributed by atoms with van der Waals surface area (Å²) in [5.41, 5.74) is 2.34. The van der Waals surface area contributed by atoms with E-state index in [4.69, 9.17) is 23.2 Å². The van der Waals surface area contributed by atoms with Crippen LogP contribution in [-0.4, -0.2) is 5.04 Å². The van der Waals surface area contributed by atoms with Crippen molar-refractivity contribution in [1.29, 1.82) is 0 Å². The Kier molecular flexibility index (Phi) is 4.08. The van der Waals surface area contributed by atoms with E-state index in [0.717, 1.165) is 20.7 Å². The second-order valence-electron chi connectivity index (χ2n) is 4.01. The maximum Gasteiger partial charge on any atom is 0.113 e. The number of halogens is 2. The Morgan fingerprint density at radius 1 is 0.842 bits per heavy atom. The Morgan fingerprint density at radius 2 is 1.42 bits per heavy atom. The zero-order valence-corrected chi connectivity index (χ0v) is 12.9. The third kappa shape index (κ3) is 3.11. The third-order valence-electron chi connectivity index (χ3n) is 2.68. The Morgan fingerprint density at radius 3 is 2.05 bits per heavy atom. The van der Waals surface area contributed by atoms with Gasteiger partial charge in [-0.3, -0.25) is 0 Å². The number of benzene rings is 2. The molecule has 0 aliphatic carbocycles. The number of hydrogen-bond donors (Lipinski definition) is 0. The summed E-state index contributed by atoms with van der Waals surface area (Å²) in [5.74, 6) is 0. The van der Waals surface area contributed by atoms with Crippen LogP contribution in [-0.2, 0) is 0 Å². The van der Waals surface area contributed by atoms with Gasteiger partial charge in [-0.25, -0.2) is 4.40 Å². The van der Waals surface area contributed by atoms with Crippen LogP contribution < -0.4 is 0 Å². The minimum Gasteiger partial charge on any atom is -0.208 e. The average Bonchev–Trinajstić information content (AvgIpc) is 2.90. The van der Waals surface area contributed by atoms with Crippen molar-refractivity contribution in [2.75, 3.05) is 0 Å². The molecule has 0 bridgehead atoms. The fourth-order valence-electron chi connectivity index (χ4n) is 1.70. The van der Waals surface area contributed by atoms with Crippen molar-refractivity contribution in [3.8, 4) is 0 Å². The molecule has 1 heterocycles. The Balaban J connectivity index is 1.76. The molecule has 2 aromatic carbocycles. The molecule has 1 aliphatic heterocycles. The number of thioether (sulfide) groups is 1. The van der Waals surface area contributed by atoms with Crippen LogP contribution in [0.1, 0.15) is 15.7 Å². The molecule has 1 aliphatic rings. The predicted octanol–water partition coefficient (Wildman–Crippen LogP) is 5.83. The molecule has 1 unspecified atom stereocenters. The molecule has 0 saturated carbocycles. The first-order valence-corrected chi connectivity index (χ1v) is 8.11. The van der Waals surface area contributed by atoms with E-state index in [2.05, 4.69) is 4.40 Å². The van der Waals surface area contributed by atoms with Crippen molar-refractivity contribution in [3.63, 3.8) is 0 Å². The van der Waals surface area contributed by atoms with Crippen molar-refractivity contribution >= 4 is 52.0 Å². The van der Waals surface area contributed by atoms with Crippen molar-refractivity contribution in [3.05, 3.63) is 69.7 Å². The van der Waals surface area contributed by atoms with Crippen LogP contribution in [0, 0.1) is 0 Å². The minimum absolute atomic E-state index is 0.294. The van der Waals surface area contributed by atoms with E-state index >= 15 is 0 Å². The highest BCUT2D eigenvalue weighted by Crippen LogP contribution is 2.48. The minimum atomic E-state index is 0.294. The van der Waals surface area contributed by atoms with Crippen LogP contribution >= 0.6 is 46.9 Å². The molecule has 0 saturated heterocycles. The van der Waals surface area contributed by atoms with E-state index in [1.165, 1.54) is 5.56 Å². The van der Waals surface area contributed by atoms with E-state index in [9.17, 15) is 0 Å². The van der Waals surface area contributed by atoms with Gasteiger partial charge in [0.05, 0.1) is 0 Å². The first kappa shape index (κ1) is 13.4. The lowest BCUT2D eigenvalue weighted by Gasteiger charge is -2.07. The van der Waals surface area contributed by atoms with E-state index in [0.29, 0.717) is 4.58 Å². The van der Waals surface area contributed by atoms with E-state index < -0.39 is 0 Å². The molecular weight excluding hydrogens is 317 g/mol. The maximum absolute atomic E-state index is 5.90. The van der Waals surface area contributed by atoms with Crippen molar-refractivity contribution in [1.82, 2.24) is 0 Å². The fourth-order valence-corrected chi connectivity index (χ4v) is 4.17. The first-order chi connectivity index (χ1) is 9.22. The molecular formula is C14H9Cl2NS2. The molecule has 0 aromatic heterocycles. The van der Waals surface area contributed by atoms with Crippen LogP contribution in [0.25, 0.3) is 0 Å². The summed E-state index contributed by atoms with van der Waals surface area (Å²) in [6, 6.07) is 15.7. The smallest absolute Gasteiger partial charge is 0.113 e. The van der Waals surface area contributed by atoms with Crippen LogP contribution in [0.4, 0.5) is 0 Å². The van der Waals surface area contributed by atoms with Gasteiger partial charge in [-0.2, -0.15) is 0 Å². The molecule has 96 valence electrons. The molecule has 1 nitrogen and oxygen atoms in total. The molecule has 3 rings (SSSR count). The van der Waals surface area contributed by atoms with Gasteiger partial charge in [-0.15, -0.1) is 0 Å². The van der Waals surface area contributed by atoms with Gasteiger partial charge in [0.1, 0.15) is 9.63 Å². The van der Waals surface area contributed by atoms with Gasteiger partial charge in [-0.1, -0.05) is 59.2 Å². The van der Waals surface area contributed by atoms with Gasteiger partial charge in [0.25, 0.3) is 0 Å². The summed E-state index contributed by atoms with van der Waals surface area (Å²) in [6.45, 7) is 0. The lowest BCUT2D eigenvalue weighted by molar-refractivity contribution is 1.39. The largest absolute Gasteiger partial charge is 0.208 e. The molecule has 0 N–H and O–H groups in total. The van der Waals surface area contributed by atoms with Gasteiger partial charge in [0.2, 0.25) is 0 Å². The molecule has 5 heteroatoms. The quantitative estimate of drug-likeness (QED) is 0.643. The molecule has 0 spiro atoms. The molecule has 0 radical (unpaired) electrons. The number of rotatable bonds is 2. The van der Waals surface area contributed by atoms with E-state index in [-0.39, 0.29) is 0 Å². The Labute approximate surface area is 130 Å². The maximum atomic E-state index is 5.90. The monoisotopic (exact) mass is 325 g/mol. The lowest BCUT2D eigenvalue weighted by Crippen LogP contribution is -1.92. The van der Waals surface area contributed by atoms with Crippen molar-refractivity contribution in [2.45, 2.75) is 4.58 Å². The van der Waals surface area contributed by atoms with E-state index in [1.54, 1.807) is 23.7 Å². The molecule has 0 amide bonds. The highest BCUT2D eigenvalue weighted by Gasteiger charge is 2.23. The SMILES string of the molecule is Clc1ccc(C2=NSC(c3ccc(Cl)cc3)S2)cc1. The first-order valence-electron chi connectivity index (χ1n) is 5.64. The highest BCUT2D eigenvalue weighted by molar-refractivity contribution is 8.27. The zero-order chi connectivity index (χ0) is 13.2. The van der Waals surface area contributed by atoms with Crippen LogP contribution in [0.15, 0.2) is 52.9 Å². The predicted molar refractivity (Wildman–Crippen MR) is 87.4 cm³/mol. The van der Waals surface area contributed by atoms with Crippen molar-refractivity contribution < 1.29 is 0 Å². The summed E-state index contributed by atoms with van der Waals surface area (Å²) in [6.07, 6.45) is 0. The second kappa shape index (κ2) is 5.80. The summed E-state index contributed by atoms with van der Waals surface area (Å²) < 4.78 is 4.83. The standard InChI is InChI=1S/C14H9Cl2NS2/c15-11-5-1-9(2-6-11)13-17-19-14(18-13)10-3-7-12(16)8-4-10/h1-8,14H. The fraction of sp³-hybridized carbons (Fsp3) is 0.0714. The zero-order valence-electron chi connectivity index (χ0n) is 9.72. The van der Waals surface area contributed by atoms with E-state index in [1.807, 2.05) is 48.5 Å². The Bertz CT molecular complexity index is 608. The lowest BCUT2D eigenvalue weighted by atomic mass is 10.2. The van der Waals surface area contributed by atoms with Crippen LogP contribution in [0.5, 0.6) is 0 Å². The normalized spacial score (nSPS) is 18.4.